The first-order valence-corrected chi connectivity index (χ1v) is 7.13. The molecule has 0 saturated carbocycles. The lowest BCUT2D eigenvalue weighted by molar-refractivity contribution is 0.951. The van der Waals surface area contributed by atoms with Gasteiger partial charge in [0.25, 0.3) is 0 Å². The van der Waals surface area contributed by atoms with Crippen molar-refractivity contribution in [3.63, 3.8) is 0 Å². The standard InChI is InChI=1S/C13H17N5S/c1-9-5-3-4-6-10(9)8-15-11-7-12(18-14)17-13(16-11)19-2/h3-7H,8,14H2,1-2H3,(H2,15,16,17,18). The predicted molar refractivity (Wildman–Crippen MR) is 80.1 cm³/mol. The highest BCUT2D eigenvalue weighted by Gasteiger charge is 2.03. The fraction of sp³-hybridized carbons (Fsp3) is 0.231. The van der Waals surface area contributed by atoms with E-state index in [0.29, 0.717) is 11.0 Å². The first-order valence-electron chi connectivity index (χ1n) is 5.91. The van der Waals surface area contributed by atoms with Crippen molar-refractivity contribution < 1.29 is 0 Å². The zero-order valence-electron chi connectivity index (χ0n) is 11.0. The van der Waals surface area contributed by atoms with E-state index in [0.717, 1.165) is 12.4 Å². The van der Waals surface area contributed by atoms with Crippen molar-refractivity contribution in [3.05, 3.63) is 41.5 Å². The van der Waals surface area contributed by atoms with Gasteiger partial charge >= 0.3 is 0 Å². The Morgan fingerprint density at radius 1 is 1.21 bits per heavy atom. The fourth-order valence-electron chi connectivity index (χ4n) is 1.68. The van der Waals surface area contributed by atoms with Gasteiger partial charge < -0.3 is 10.7 Å². The molecule has 0 atom stereocenters. The second-order valence-electron chi connectivity index (χ2n) is 4.05. The molecule has 2 aromatic rings. The molecule has 0 unspecified atom stereocenters. The number of hydrogen-bond donors (Lipinski definition) is 3. The molecule has 1 heterocycles. The van der Waals surface area contributed by atoms with Crippen LogP contribution in [0.3, 0.4) is 0 Å². The van der Waals surface area contributed by atoms with Crippen LogP contribution in [0, 0.1) is 6.92 Å². The minimum absolute atomic E-state index is 0.603. The Bertz CT molecular complexity index is 536. The van der Waals surface area contributed by atoms with Crippen molar-refractivity contribution in [2.75, 3.05) is 17.0 Å². The van der Waals surface area contributed by atoms with Crippen LogP contribution in [0.1, 0.15) is 11.1 Å². The van der Waals surface area contributed by atoms with Gasteiger partial charge in [-0.2, -0.15) is 0 Å². The van der Waals surface area contributed by atoms with Crippen LogP contribution < -0.4 is 16.6 Å². The predicted octanol–water partition coefficient (Wildman–Crippen LogP) is 2.40. The zero-order chi connectivity index (χ0) is 13.7. The molecule has 0 spiro atoms. The summed E-state index contributed by atoms with van der Waals surface area (Å²) in [5.41, 5.74) is 5.05. The minimum atomic E-state index is 0.603. The summed E-state index contributed by atoms with van der Waals surface area (Å²) in [6.07, 6.45) is 1.93. The average Bonchev–Trinajstić information content (AvgIpc) is 2.46. The van der Waals surface area contributed by atoms with Gasteiger partial charge in [-0.3, -0.25) is 0 Å². The van der Waals surface area contributed by atoms with Crippen LogP contribution in [0.25, 0.3) is 0 Å². The third-order valence-electron chi connectivity index (χ3n) is 2.76. The number of rotatable bonds is 5. The van der Waals surface area contributed by atoms with Crippen LogP contribution >= 0.6 is 11.8 Å². The van der Waals surface area contributed by atoms with E-state index in [4.69, 9.17) is 5.84 Å². The number of nitrogens with two attached hydrogens (primary N) is 1. The van der Waals surface area contributed by atoms with Gasteiger partial charge in [0.2, 0.25) is 0 Å². The average molecular weight is 275 g/mol. The maximum atomic E-state index is 5.40. The van der Waals surface area contributed by atoms with Crippen LogP contribution in [-0.2, 0) is 6.54 Å². The smallest absolute Gasteiger partial charge is 0.191 e. The van der Waals surface area contributed by atoms with E-state index in [1.807, 2.05) is 18.4 Å². The van der Waals surface area contributed by atoms with Crippen molar-refractivity contribution in [3.8, 4) is 0 Å². The molecule has 1 aromatic heterocycles. The summed E-state index contributed by atoms with van der Waals surface area (Å²) >= 11 is 1.48. The summed E-state index contributed by atoms with van der Waals surface area (Å²) in [6.45, 7) is 2.82. The molecule has 0 aliphatic carbocycles. The van der Waals surface area contributed by atoms with E-state index in [9.17, 15) is 0 Å². The molecular weight excluding hydrogens is 258 g/mol. The molecule has 0 aliphatic heterocycles. The molecule has 1 aromatic carbocycles. The Kier molecular flexibility index (Phi) is 4.59. The molecule has 5 nitrogen and oxygen atoms in total. The maximum Gasteiger partial charge on any atom is 0.191 e. The molecule has 0 fully saturated rings. The fourth-order valence-corrected chi connectivity index (χ4v) is 2.05. The molecule has 19 heavy (non-hydrogen) atoms. The van der Waals surface area contributed by atoms with E-state index in [1.165, 1.54) is 22.9 Å². The van der Waals surface area contributed by atoms with Gasteiger partial charge in [0.15, 0.2) is 5.16 Å². The highest BCUT2D eigenvalue weighted by atomic mass is 32.2. The number of aryl methyl sites for hydroxylation is 1. The quantitative estimate of drug-likeness (QED) is 0.337. The van der Waals surface area contributed by atoms with Gasteiger partial charge in [-0.05, 0) is 24.3 Å². The Balaban J connectivity index is 2.13. The molecule has 0 aliphatic rings. The molecule has 100 valence electrons. The van der Waals surface area contributed by atoms with Crippen molar-refractivity contribution in [2.24, 2.45) is 5.84 Å². The van der Waals surface area contributed by atoms with E-state index >= 15 is 0 Å². The molecule has 6 heteroatoms. The number of hydrazine groups is 1. The van der Waals surface area contributed by atoms with Crippen molar-refractivity contribution in [1.82, 2.24) is 9.97 Å². The monoisotopic (exact) mass is 275 g/mol. The second kappa shape index (κ2) is 6.40. The number of nitrogens with one attached hydrogen (secondary N) is 2. The highest BCUT2D eigenvalue weighted by molar-refractivity contribution is 7.98. The van der Waals surface area contributed by atoms with E-state index in [1.54, 1.807) is 6.07 Å². The van der Waals surface area contributed by atoms with Crippen LogP contribution in [0.4, 0.5) is 11.6 Å². The normalized spacial score (nSPS) is 10.3. The lowest BCUT2D eigenvalue weighted by Gasteiger charge is -2.10. The number of hydrogen-bond acceptors (Lipinski definition) is 6. The lowest BCUT2D eigenvalue weighted by Crippen LogP contribution is -2.11. The summed E-state index contributed by atoms with van der Waals surface area (Å²) < 4.78 is 0. The second-order valence-corrected chi connectivity index (χ2v) is 4.82. The third-order valence-corrected chi connectivity index (χ3v) is 3.31. The Labute approximate surface area is 117 Å². The Morgan fingerprint density at radius 3 is 2.63 bits per heavy atom. The van der Waals surface area contributed by atoms with Crippen LogP contribution in [0.15, 0.2) is 35.5 Å². The maximum absolute atomic E-state index is 5.40. The summed E-state index contributed by atoms with van der Waals surface area (Å²) in [6, 6.07) is 10.0. The number of aromatic nitrogens is 2. The minimum Gasteiger partial charge on any atom is -0.366 e. The van der Waals surface area contributed by atoms with Crippen molar-refractivity contribution in [1.29, 1.82) is 0 Å². The van der Waals surface area contributed by atoms with Gasteiger partial charge in [0.1, 0.15) is 11.6 Å². The van der Waals surface area contributed by atoms with Crippen LogP contribution in [0.5, 0.6) is 0 Å². The molecule has 0 radical (unpaired) electrons. The molecule has 0 saturated heterocycles. The van der Waals surface area contributed by atoms with Gasteiger partial charge in [-0.1, -0.05) is 36.0 Å². The van der Waals surface area contributed by atoms with Gasteiger partial charge in [-0.15, -0.1) is 0 Å². The van der Waals surface area contributed by atoms with Gasteiger partial charge in [0.05, 0.1) is 0 Å². The van der Waals surface area contributed by atoms with Crippen LogP contribution in [0.2, 0.25) is 0 Å². The number of thioether (sulfide) groups is 1. The SMILES string of the molecule is CSc1nc(NN)cc(NCc2ccccc2C)n1. The van der Waals surface area contributed by atoms with Crippen LogP contribution in [-0.4, -0.2) is 16.2 Å². The number of anilines is 2. The Hall–Kier alpha value is -1.79. The molecule has 0 bridgehead atoms. The topological polar surface area (TPSA) is 75.9 Å². The molecule has 2 rings (SSSR count). The zero-order valence-corrected chi connectivity index (χ0v) is 11.8. The third kappa shape index (κ3) is 3.59. The summed E-state index contributed by atoms with van der Waals surface area (Å²) in [5.74, 6) is 6.76. The van der Waals surface area contributed by atoms with E-state index in [2.05, 4.69) is 39.8 Å². The number of nitrogen functional groups attached to an aromatic ring is 1. The summed E-state index contributed by atoms with van der Waals surface area (Å²) in [7, 11) is 0. The number of benzene rings is 1. The summed E-state index contributed by atoms with van der Waals surface area (Å²) in [5, 5.41) is 3.97. The van der Waals surface area contributed by atoms with E-state index < -0.39 is 0 Å². The number of nitrogens with zero attached hydrogens (tertiary/aromatic N) is 2. The van der Waals surface area contributed by atoms with Gasteiger partial charge in [-0.25, -0.2) is 15.8 Å². The van der Waals surface area contributed by atoms with Crippen molar-refractivity contribution >= 4 is 23.4 Å². The lowest BCUT2D eigenvalue weighted by atomic mass is 10.1. The summed E-state index contributed by atoms with van der Waals surface area (Å²) in [4.78, 5) is 8.61. The molecular formula is C13H17N5S. The van der Waals surface area contributed by atoms with E-state index in [-0.39, 0.29) is 0 Å². The van der Waals surface area contributed by atoms with Crippen molar-refractivity contribution in [2.45, 2.75) is 18.6 Å². The molecule has 0 amide bonds. The first-order chi connectivity index (χ1) is 9.22. The molecule has 4 N–H and O–H groups in total. The largest absolute Gasteiger partial charge is 0.366 e. The Morgan fingerprint density at radius 2 is 1.95 bits per heavy atom. The first kappa shape index (κ1) is 13.6. The highest BCUT2D eigenvalue weighted by Crippen LogP contribution is 2.17. The van der Waals surface area contributed by atoms with Gasteiger partial charge in [0, 0.05) is 12.6 Å².